The Kier molecular flexibility index (Phi) is 4.53. The number of aromatic amines is 1. The van der Waals surface area contributed by atoms with Crippen molar-refractivity contribution in [3.05, 3.63) is 54.1 Å². The summed E-state index contributed by atoms with van der Waals surface area (Å²) < 4.78 is 0. The zero-order chi connectivity index (χ0) is 15.4. The maximum atomic E-state index is 12.5. The Balaban J connectivity index is 1.58. The van der Waals surface area contributed by atoms with Crippen LogP contribution in [0.5, 0.6) is 0 Å². The molecule has 0 saturated carbocycles. The van der Waals surface area contributed by atoms with Gasteiger partial charge in [0, 0.05) is 38.4 Å². The number of aryl methyl sites for hydroxylation is 1. The van der Waals surface area contributed by atoms with Crippen LogP contribution in [0.15, 0.2) is 42.7 Å². The summed E-state index contributed by atoms with van der Waals surface area (Å²) in [7, 11) is 2.08. The van der Waals surface area contributed by atoms with Crippen LogP contribution < -0.4 is 0 Å². The molecule has 1 atom stereocenters. The summed E-state index contributed by atoms with van der Waals surface area (Å²) >= 11 is 0. The van der Waals surface area contributed by atoms with E-state index in [9.17, 15) is 4.79 Å². The summed E-state index contributed by atoms with van der Waals surface area (Å²) in [6.45, 7) is 2.38. The summed E-state index contributed by atoms with van der Waals surface area (Å²) in [5, 5.41) is 0. The van der Waals surface area contributed by atoms with Gasteiger partial charge in [-0.1, -0.05) is 30.3 Å². The van der Waals surface area contributed by atoms with E-state index < -0.39 is 0 Å². The average molecular weight is 298 g/mol. The van der Waals surface area contributed by atoms with E-state index in [0.29, 0.717) is 13.0 Å². The van der Waals surface area contributed by atoms with E-state index in [1.807, 2.05) is 29.3 Å². The fourth-order valence-corrected chi connectivity index (χ4v) is 2.91. The predicted molar refractivity (Wildman–Crippen MR) is 85.3 cm³/mol. The van der Waals surface area contributed by atoms with Crippen molar-refractivity contribution in [1.29, 1.82) is 0 Å². The van der Waals surface area contributed by atoms with Gasteiger partial charge >= 0.3 is 0 Å². The number of H-pyrrole nitrogens is 1. The smallest absolute Gasteiger partial charge is 0.223 e. The van der Waals surface area contributed by atoms with Gasteiger partial charge in [-0.2, -0.15) is 0 Å². The highest BCUT2D eigenvalue weighted by Gasteiger charge is 2.29. The molecule has 1 aliphatic rings. The predicted octanol–water partition coefficient (Wildman–Crippen LogP) is 1.86. The number of likely N-dealkylation sites (N-methyl/N-ethyl adjacent to an activating group) is 1. The van der Waals surface area contributed by atoms with Crippen LogP contribution in [0.25, 0.3) is 0 Å². The Morgan fingerprint density at radius 2 is 2.14 bits per heavy atom. The van der Waals surface area contributed by atoms with Crippen molar-refractivity contribution < 1.29 is 4.79 Å². The van der Waals surface area contributed by atoms with Crippen molar-refractivity contribution in [3.63, 3.8) is 0 Å². The van der Waals surface area contributed by atoms with Crippen LogP contribution in [-0.4, -0.2) is 52.4 Å². The molecule has 2 aromatic rings. The average Bonchev–Trinajstić information content (AvgIpc) is 3.08. The van der Waals surface area contributed by atoms with Gasteiger partial charge in [0.1, 0.15) is 5.82 Å². The highest BCUT2D eigenvalue weighted by atomic mass is 16.2. The number of nitrogens with zero attached hydrogens (tertiary/aromatic N) is 3. The van der Waals surface area contributed by atoms with Crippen molar-refractivity contribution in [2.45, 2.75) is 18.9 Å². The molecule has 5 nitrogen and oxygen atoms in total. The third-order valence-electron chi connectivity index (χ3n) is 4.31. The van der Waals surface area contributed by atoms with Gasteiger partial charge in [0.2, 0.25) is 5.91 Å². The monoisotopic (exact) mass is 298 g/mol. The molecule has 0 spiro atoms. The Morgan fingerprint density at radius 3 is 2.86 bits per heavy atom. The van der Waals surface area contributed by atoms with Crippen LogP contribution in [0.1, 0.15) is 23.9 Å². The molecule has 1 aliphatic heterocycles. The van der Waals surface area contributed by atoms with Gasteiger partial charge in [0.25, 0.3) is 0 Å². The van der Waals surface area contributed by atoms with Gasteiger partial charge in [-0.25, -0.2) is 4.98 Å². The molecule has 2 heterocycles. The van der Waals surface area contributed by atoms with E-state index in [1.165, 1.54) is 5.56 Å². The van der Waals surface area contributed by atoms with Crippen LogP contribution in [0.2, 0.25) is 0 Å². The number of carbonyl (C=O) groups excluding carboxylic acids is 1. The minimum atomic E-state index is 0.157. The number of hydrogen-bond acceptors (Lipinski definition) is 3. The van der Waals surface area contributed by atoms with E-state index in [2.05, 4.69) is 34.0 Å². The quantitative estimate of drug-likeness (QED) is 0.937. The zero-order valence-corrected chi connectivity index (χ0v) is 12.9. The number of imidazole rings is 1. The third-order valence-corrected chi connectivity index (χ3v) is 4.31. The van der Waals surface area contributed by atoms with Gasteiger partial charge < -0.3 is 9.88 Å². The summed E-state index contributed by atoms with van der Waals surface area (Å²) in [4.78, 5) is 24.2. The molecular formula is C17H22N4O. The summed E-state index contributed by atoms with van der Waals surface area (Å²) in [5.41, 5.74) is 1.22. The van der Waals surface area contributed by atoms with Crippen LogP contribution in [0, 0.1) is 0 Å². The lowest BCUT2D eigenvalue weighted by Crippen LogP contribution is -2.49. The van der Waals surface area contributed by atoms with E-state index in [4.69, 9.17) is 0 Å². The van der Waals surface area contributed by atoms with Crippen LogP contribution in [-0.2, 0) is 11.2 Å². The third kappa shape index (κ3) is 3.36. The number of hydrogen-bond donors (Lipinski definition) is 1. The van der Waals surface area contributed by atoms with E-state index in [0.717, 1.165) is 25.3 Å². The lowest BCUT2D eigenvalue weighted by Gasteiger charge is -2.38. The fraction of sp³-hybridized carbons (Fsp3) is 0.412. The molecule has 3 rings (SSSR count). The minimum absolute atomic E-state index is 0.157. The van der Waals surface area contributed by atoms with Gasteiger partial charge in [-0.05, 0) is 19.0 Å². The molecule has 1 aromatic heterocycles. The molecule has 116 valence electrons. The van der Waals surface area contributed by atoms with Gasteiger partial charge in [-0.15, -0.1) is 0 Å². The number of nitrogens with one attached hydrogen (secondary N) is 1. The zero-order valence-electron chi connectivity index (χ0n) is 12.9. The lowest BCUT2D eigenvalue weighted by molar-refractivity contribution is -0.134. The highest BCUT2D eigenvalue weighted by Crippen LogP contribution is 2.21. The van der Waals surface area contributed by atoms with E-state index in [1.54, 1.807) is 6.20 Å². The first-order chi connectivity index (χ1) is 10.7. The number of carbonyl (C=O) groups is 1. The van der Waals surface area contributed by atoms with Gasteiger partial charge in [0.15, 0.2) is 0 Å². The first kappa shape index (κ1) is 14.8. The molecule has 1 saturated heterocycles. The maximum absolute atomic E-state index is 12.5. The Morgan fingerprint density at radius 1 is 1.32 bits per heavy atom. The standard InChI is InChI=1S/C17H22N4O/c1-20-11-12-21(13-15(20)17-18-9-10-19-17)16(22)8-7-14-5-3-2-4-6-14/h2-6,9-10,15H,7-8,11-13H2,1H3,(H,18,19)/t15-/m0/s1. The molecular weight excluding hydrogens is 276 g/mol. The molecule has 5 heteroatoms. The second-order valence-electron chi connectivity index (χ2n) is 5.80. The SMILES string of the molecule is CN1CCN(C(=O)CCc2ccccc2)C[C@H]1c1ncc[nH]1. The normalized spacial score (nSPS) is 19.3. The number of amides is 1. The lowest BCUT2D eigenvalue weighted by atomic mass is 10.1. The largest absolute Gasteiger partial charge is 0.347 e. The molecule has 1 fully saturated rings. The topological polar surface area (TPSA) is 52.2 Å². The molecule has 1 aromatic carbocycles. The van der Waals surface area contributed by atoms with Crippen molar-refractivity contribution >= 4 is 5.91 Å². The number of rotatable bonds is 4. The Hall–Kier alpha value is -2.14. The fourth-order valence-electron chi connectivity index (χ4n) is 2.91. The Bertz CT molecular complexity index is 596. The summed E-state index contributed by atoms with van der Waals surface area (Å²) in [6, 6.07) is 10.3. The van der Waals surface area contributed by atoms with E-state index in [-0.39, 0.29) is 11.9 Å². The van der Waals surface area contributed by atoms with Crippen molar-refractivity contribution in [3.8, 4) is 0 Å². The highest BCUT2D eigenvalue weighted by molar-refractivity contribution is 5.76. The summed E-state index contributed by atoms with van der Waals surface area (Å²) in [6.07, 6.45) is 4.97. The molecule has 22 heavy (non-hydrogen) atoms. The molecule has 1 N–H and O–H groups in total. The van der Waals surface area contributed by atoms with Crippen molar-refractivity contribution in [2.24, 2.45) is 0 Å². The van der Waals surface area contributed by atoms with Crippen molar-refractivity contribution in [2.75, 3.05) is 26.7 Å². The Labute approximate surface area is 131 Å². The first-order valence-corrected chi connectivity index (χ1v) is 7.75. The van der Waals surface area contributed by atoms with Crippen molar-refractivity contribution in [1.82, 2.24) is 19.8 Å². The molecule has 0 unspecified atom stereocenters. The van der Waals surface area contributed by atoms with Crippen LogP contribution in [0.4, 0.5) is 0 Å². The molecule has 0 radical (unpaired) electrons. The molecule has 1 amide bonds. The molecule has 0 bridgehead atoms. The second-order valence-corrected chi connectivity index (χ2v) is 5.80. The first-order valence-electron chi connectivity index (χ1n) is 7.75. The van der Waals surface area contributed by atoms with Gasteiger partial charge in [0.05, 0.1) is 6.04 Å². The summed E-state index contributed by atoms with van der Waals surface area (Å²) in [5.74, 6) is 1.16. The van der Waals surface area contributed by atoms with Crippen LogP contribution >= 0.6 is 0 Å². The number of piperazine rings is 1. The number of aromatic nitrogens is 2. The maximum Gasteiger partial charge on any atom is 0.223 e. The van der Waals surface area contributed by atoms with Crippen LogP contribution in [0.3, 0.4) is 0 Å². The van der Waals surface area contributed by atoms with Gasteiger partial charge in [-0.3, -0.25) is 9.69 Å². The second kappa shape index (κ2) is 6.75. The number of benzene rings is 1. The van der Waals surface area contributed by atoms with E-state index >= 15 is 0 Å². The molecule has 0 aliphatic carbocycles. The minimum Gasteiger partial charge on any atom is -0.347 e.